The Bertz CT molecular complexity index is 591. The molecule has 0 bridgehead atoms. The lowest BCUT2D eigenvalue weighted by Crippen LogP contribution is -2.33. The summed E-state index contributed by atoms with van der Waals surface area (Å²) in [5, 5.41) is 8.67. The van der Waals surface area contributed by atoms with Gasteiger partial charge in [-0.1, -0.05) is 0 Å². The predicted molar refractivity (Wildman–Crippen MR) is 97.5 cm³/mol. The third kappa shape index (κ3) is 5.94. The Morgan fingerprint density at radius 2 is 2.18 bits per heavy atom. The summed E-state index contributed by atoms with van der Waals surface area (Å²) in [6, 6.07) is 3.97. The number of rotatable bonds is 8. The van der Waals surface area contributed by atoms with E-state index in [1.54, 1.807) is 23.8 Å². The lowest BCUT2D eigenvalue weighted by molar-refractivity contribution is 0.0949. The highest BCUT2D eigenvalue weighted by atomic mass is 79.9. The van der Waals surface area contributed by atoms with Gasteiger partial charge in [-0.2, -0.15) is 0 Å². The van der Waals surface area contributed by atoms with Crippen LogP contribution >= 0.6 is 51.0 Å². The molecule has 0 aliphatic rings. The first-order chi connectivity index (χ1) is 10.2. The first kappa shape index (κ1) is 19.5. The Morgan fingerprint density at radius 3 is 2.86 bits per heavy atom. The first-order valence-corrected chi connectivity index (χ1v) is 8.88. The van der Waals surface area contributed by atoms with Crippen LogP contribution in [0.25, 0.3) is 9.88 Å². The Kier molecular flexibility index (Phi) is 9.15. The molecular weight excluding hydrogens is 410 g/mol. The van der Waals surface area contributed by atoms with Gasteiger partial charge in [-0.25, -0.2) is 4.98 Å². The maximum Gasteiger partial charge on any atom is 0.270 e. The number of methoxy groups -OCH3 is 1. The third-order valence-electron chi connectivity index (χ3n) is 2.59. The topological polar surface area (TPSA) is 63.2 Å². The van der Waals surface area contributed by atoms with Gasteiger partial charge < -0.3 is 15.4 Å². The number of thiophene rings is 1. The van der Waals surface area contributed by atoms with E-state index in [2.05, 4.69) is 31.5 Å². The van der Waals surface area contributed by atoms with Gasteiger partial charge in [0.2, 0.25) is 0 Å². The minimum atomic E-state index is -0.137. The highest BCUT2D eigenvalue weighted by Crippen LogP contribution is 2.33. The number of carbonyl (C=O) groups excluding carboxylic acids is 1. The van der Waals surface area contributed by atoms with Gasteiger partial charge in [0, 0.05) is 32.1 Å². The van der Waals surface area contributed by atoms with Gasteiger partial charge in [-0.15, -0.1) is 35.1 Å². The smallest absolute Gasteiger partial charge is 0.270 e. The van der Waals surface area contributed by atoms with Crippen molar-refractivity contribution < 1.29 is 9.53 Å². The van der Waals surface area contributed by atoms with Crippen molar-refractivity contribution in [3.05, 3.63) is 27.0 Å². The minimum Gasteiger partial charge on any atom is -0.383 e. The molecule has 22 heavy (non-hydrogen) atoms. The number of carbonyl (C=O) groups is 1. The average Bonchev–Trinajstić information content (AvgIpc) is 3.11. The molecule has 0 unspecified atom stereocenters. The number of amides is 1. The van der Waals surface area contributed by atoms with Crippen molar-refractivity contribution in [1.82, 2.24) is 15.6 Å². The summed E-state index contributed by atoms with van der Waals surface area (Å²) < 4.78 is 5.98. The number of ether oxygens (including phenoxy) is 1. The van der Waals surface area contributed by atoms with Crippen molar-refractivity contribution in [3.8, 4) is 9.88 Å². The molecule has 0 saturated carbocycles. The standard InChI is InChI=1S/C13H16BrN3O2S2.ClH/c1-19-7-6-15-4-5-16-12(18)9-8-20-13(17-9)10-2-3-11(14)21-10;/h2-3,8,15H,4-7H2,1H3,(H,16,18);1H. The van der Waals surface area contributed by atoms with Crippen molar-refractivity contribution in [3.63, 3.8) is 0 Å². The van der Waals surface area contributed by atoms with Gasteiger partial charge in [0.05, 0.1) is 15.3 Å². The number of aromatic nitrogens is 1. The quantitative estimate of drug-likeness (QED) is 0.637. The first-order valence-electron chi connectivity index (χ1n) is 6.40. The number of nitrogens with one attached hydrogen (secondary N) is 2. The van der Waals surface area contributed by atoms with E-state index < -0.39 is 0 Å². The molecule has 1 amide bonds. The number of hydrogen-bond donors (Lipinski definition) is 2. The molecule has 2 N–H and O–H groups in total. The molecule has 122 valence electrons. The summed E-state index contributed by atoms with van der Waals surface area (Å²) in [5.74, 6) is -0.137. The number of nitrogens with zero attached hydrogens (tertiary/aromatic N) is 1. The second-order valence-electron chi connectivity index (χ2n) is 4.14. The zero-order valence-electron chi connectivity index (χ0n) is 11.9. The number of hydrogen-bond acceptors (Lipinski definition) is 6. The van der Waals surface area contributed by atoms with Gasteiger partial charge in [0.25, 0.3) is 5.91 Å². The van der Waals surface area contributed by atoms with Crippen LogP contribution in [-0.2, 0) is 4.74 Å². The molecule has 0 fully saturated rings. The van der Waals surface area contributed by atoms with E-state index in [1.165, 1.54) is 11.3 Å². The summed E-state index contributed by atoms with van der Waals surface area (Å²) in [5.41, 5.74) is 0.469. The molecule has 0 saturated heterocycles. The summed E-state index contributed by atoms with van der Waals surface area (Å²) in [7, 11) is 1.66. The van der Waals surface area contributed by atoms with Crippen molar-refractivity contribution in [2.24, 2.45) is 0 Å². The lowest BCUT2D eigenvalue weighted by Gasteiger charge is -2.04. The Labute approximate surface area is 152 Å². The Morgan fingerprint density at radius 1 is 1.36 bits per heavy atom. The molecule has 0 aliphatic carbocycles. The molecule has 2 aromatic rings. The zero-order chi connectivity index (χ0) is 15.1. The summed E-state index contributed by atoms with van der Waals surface area (Å²) >= 11 is 6.51. The van der Waals surface area contributed by atoms with E-state index in [0.29, 0.717) is 25.4 Å². The highest BCUT2D eigenvalue weighted by Gasteiger charge is 2.12. The molecule has 2 aromatic heterocycles. The van der Waals surface area contributed by atoms with Gasteiger partial charge in [-0.05, 0) is 28.1 Å². The maximum atomic E-state index is 12.0. The fourth-order valence-corrected chi connectivity index (χ4v) is 3.83. The predicted octanol–water partition coefficient (Wildman–Crippen LogP) is 3.02. The highest BCUT2D eigenvalue weighted by molar-refractivity contribution is 9.11. The van der Waals surface area contributed by atoms with Crippen LogP contribution in [0.4, 0.5) is 0 Å². The molecular formula is C13H17BrClN3O2S2. The van der Waals surface area contributed by atoms with Crippen LogP contribution in [0.3, 0.4) is 0 Å². The van der Waals surface area contributed by atoms with Crippen LogP contribution in [0.5, 0.6) is 0 Å². The second kappa shape index (κ2) is 10.3. The Hall–Kier alpha value is -0.510. The van der Waals surface area contributed by atoms with Crippen LogP contribution in [-0.4, -0.2) is 44.2 Å². The molecule has 2 heterocycles. The molecule has 5 nitrogen and oxygen atoms in total. The Balaban J connectivity index is 0.00000242. The van der Waals surface area contributed by atoms with Gasteiger partial charge >= 0.3 is 0 Å². The second-order valence-corrected chi connectivity index (χ2v) is 7.46. The monoisotopic (exact) mass is 425 g/mol. The molecule has 2 rings (SSSR count). The van der Waals surface area contributed by atoms with Crippen LogP contribution in [0.15, 0.2) is 21.3 Å². The van der Waals surface area contributed by atoms with Gasteiger partial charge in [-0.3, -0.25) is 4.79 Å². The normalized spacial score (nSPS) is 10.3. The zero-order valence-corrected chi connectivity index (χ0v) is 16.0. The summed E-state index contributed by atoms with van der Waals surface area (Å²) in [6.07, 6.45) is 0. The van der Waals surface area contributed by atoms with Crippen molar-refractivity contribution in [2.75, 3.05) is 33.4 Å². The van der Waals surface area contributed by atoms with Crippen LogP contribution in [0.2, 0.25) is 0 Å². The number of halogens is 2. The van der Waals surface area contributed by atoms with E-state index in [0.717, 1.165) is 20.2 Å². The SMILES string of the molecule is COCCNCCNC(=O)c1csc(-c2ccc(Br)s2)n1.Cl. The largest absolute Gasteiger partial charge is 0.383 e. The van der Waals surface area contributed by atoms with E-state index in [9.17, 15) is 4.79 Å². The van der Waals surface area contributed by atoms with Gasteiger partial charge in [0.15, 0.2) is 0 Å². The lowest BCUT2D eigenvalue weighted by atomic mass is 10.4. The van der Waals surface area contributed by atoms with Crippen molar-refractivity contribution in [2.45, 2.75) is 0 Å². The van der Waals surface area contributed by atoms with Crippen LogP contribution in [0, 0.1) is 0 Å². The summed E-state index contributed by atoms with van der Waals surface area (Å²) in [6.45, 7) is 2.73. The molecule has 0 radical (unpaired) electrons. The molecule has 0 atom stereocenters. The van der Waals surface area contributed by atoms with Crippen LogP contribution in [0.1, 0.15) is 10.5 Å². The summed E-state index contributed by atoms with van der Waals surface area (Å²) in [4.78, 5) is 17.4. The van der Waals surface area contributed by atoms with Crippen molar-refractivity contribution in [1.29, 1.82) is 0 Å². The van der Waals surface area contributed by atoms with Crippen molar-refractivity contribution >= 4 is 56.9 Å². The molecule has 0 spiro atoms. The van der Waals surface area contributed by atoms with E-state index in [1.807, 2.05) is 12.1 Å². The van der Waals surface area contributed by atoms with E-state index in [4.69, 9.17) is 4.74 Å². The maximum absolute atomic E-state index is 12.0. The third-order valence-corrected chi connectivity index (χ3v) is 5.23. The molecule has 0 aliphatic heterocycles. The van der Waals surface area contributed by atoms with E-state index >= 15 is 0 Å². The number of thiazole rings is 1. The van der Waals surface area contributed by atoms with Crippen LogP contribution < -0.4 is 10.6 Å². The fourth-order valence-electron chi connectivity index (χ4n) is 1.57. The molecule has 0 aromatic carbocycles. The van der Waals surface area contributed by atoms with Gasteiger partial charge in [0.1, 0.15) is 10.7 Å². The fraction of sp³-hybridized carbons (Fsp3) is 0.385. The molecule has 9 heteroatoms. The average molecular weight is 427 g/mol. The minimum absolute atomic E-state index is 0. The van der Waals surface area contributed by atoms with E-state index in [-0.39, 0.29) is 18.3 Å².